The first kappa shape index (κ1) is 15.7. The summed E-state index contributed by atoms with van der Waals surface area (Å²) in [5, 5.41) is 4.51. The van der Waals surface area contributed by atoms with Gasteiger partial charge in [-0.3, -0.25) is 4.79 Å². The number of piperidine rings is 1. The largest absolute Gasteiger partial charge is 0.339 e. The summed E-state index contributed by atoms with van der Waals surface area (Å²) in [4.78, 5) is 18.4. The molecular weight excluding hydrogens is 314 g/mol. The van der Waals surface area contributed by atoms with E-state index in [1.54, 1.807) is 6.08 Å². The lowest BCUT2D eigenvalue weighted by atomic mass is 9.96. The third-order valence-electron chi connectivity index (χ3n) is 3.99. The van der Waals surface area contributed by atoms with Gasteiger partial charge in [-0.25, -0.2) is 0 Å². The van der Waals surface area contributed by atoms with Gasteiger partial charge in [-0.05, 0) is 43.5 Å². The van der Waals surface area contributed by atoms with Crippen LogP contribution in [0, 0.1) is 6.92 Å². The number of carbonyl (C=O) groups excluding carboxylic acids is 1. The Bertz CT molecular complexity index is 701. The smallest absolute Gasteiger partial charge is 0.246 e. The topological polar surface area (TPSA) is 59.2 Å². The second-order valence-corrected chi connectivity index (χ2v) is 6.10. The minimum atomic E-state index is 0.0279. The number of amides is 1. The lowest BCUT2D eigenvalue weighted by Crippen LogP contribution is -2.36. The van der Waals surface area contributed by atoms with Gasteiger partial charge in [-0.15, -0.1) is 0 Å². The molecule has 1 amide bonds. The second-order valence-electron chi connectivity index (χ2n) is 5.66. The maximum atomic E-state index is 12.2. The SMILES string of the molecule is Cc1noc(C2CCN(C(=O)C=Cc3ccc(Cl)cc3)CC2)n1. The average Bonchev–Trinajstić information content (AvgIpc) is 3.01. The van der Waals surface area contributed by atoms with Gasteiger partial charge in [0.1, 0.15) is 0 Å². The summed E-state index contributed by atoms with van der Waals surface area (Å²) in [6.45, 7) is 3.22. The molecule has 1 aromatic carbocycles. The van der Waals surface area contributed by atoms with Crippen LogP contribution in [0.15, 0.2) is 34.9 Å². The van der Waals surface area contributed by atoms with Gasteiger partial charge in [-0.1, -0.05) is 28.9 Å². The quantitative estimate of drug-likeness (QED) is 0.808. The number of likely N-dealkylation sites (tertiary alicyclic amines) is 1. The van der Waals surface area contributed by atoms with Gasteiger partial charge in [-0.2, -0.15) is 4.98 Å². The zero-order chi connectivity index (χ0) is 16.2. The van der Waals surface area contributed by atoms with E-state index in [9.17, 15) is 4.79 Å². The van der Waals surface area contributed by atoms with E-state index in [1.165, 1.54) is 0 Å². The van der Waals surface area contributed by atoms with Gasteiger partial charge in [0.05, 0.1) is 0 Å². The van der Waals surface area contributed by atoms with Crippen molar-refractivity contribution in [1.29, 1.82) is 0 Å². The van der Waals surface area contributed by atoms with E-state index in [-0.39, 0.29) is 11.8 Å². The summed E-state index contributed by atoms with van der Waals surface area (Å²) in [6, 6.07) is 7.39. The fraction of sp³-hybridized carbons (Fsp3) is 0.353. The molecule has 5 nitrogen and oxygen atoms in total. The number of hydrogen-bond acceptors (Lipinski definition) is 4. The minimum Gasteiger partial charge on any atom is -0.339 e. The number of halogens is 1. The number of aromatic nitrogens is 2. The molecule has 6 heteroatoms. The van der Waals surface area contributed by atoms with Crippen LogP contribution in [0.3, 0.4) is 0 Å². The molecule has 2 heterocycles. The molecule has 3 rings (SSSR count). The lowest BCUT2D eigenvalue weighted by molar-refractivity contribution is -0.127. The van der Waals surface area contributed by atoms with Crippen molar-refractivity contribution in [1.82, 2.24) is 15.0 Å². The van der Waals surface area contributed by atoms with Crippen molar-refractivity contribution in [2.24, 2.45) is 0 Å². The maximum absolute atomic E-state index is 12.2. The van der Waals surface area contributed by atoms with Crippen molar-refractivity contribution in [2.45, 2.75) is 25.7 Å². The third kappa shape index (κ3) is 3.99. The average molecular weight is 332 g/mol. The van der Waals surface area contributed by atoms with Gasteiger partial charge >= 0.3 is 0 Å². The van der Waals surface area contributed by atoms with E-state index in [2.05, 4.69) is 10.1 Å². The molecule has 0 atom stereocenters. The fourth-order valence-corrected chi connectivity index (χ4v) is 2.80. The van der Waals surface area contributed by atoms with Gasteiger partial charge in [0, 0.05) is 30.1 Å². The number of aryl methyl sites for hydroxylation is 1. The molecule has 0 bridgehead atoms. The number of benzene rings is 1. The Kier molecular flexibility index (Phi) is 4.76. The molecule has 0 N–H and O–H groups in total. The molecule has 1 aliphatic heterocycles. The molecule has 1 fully saturated rings. The third-order valence-corrected chi connectivity index (χ3v) is 4.24. The van der Waals surface area contributed by atoms with E-state index >= 15 is 0 Å². The van der Waals surface area contributed by atoms with Gasteiger partial charge in [0.15, 0.2) is 5.82 Å². The van der Waals surface area contributed by atoms with Crippen LogP contribution < -0.4 is 0 Å². The highest BCUT2D eigenvalue weighted by atomic mass is 35.5. The van der Waals surface area contributed by atoms with Gasteiger partial charge in [0.25, 0.3) is 0 Å². The van der Waals surface area contributed by atoms with Crippen molar-refractivity contribution in [3.8, 4) is 0 Å². The highest BCUT2D eigenvalue weighted by Gasteiger charge is 2.26. The lowest BCUT2D eigenvalue weighted by Gasteiger charge is -2.29. The Morgan fingerprint density at radius 2 is 2.00 bits per heavy atom. The van der Waals surface area contributed by atoms with Crippen molar-refractivity contribution in [3.63, 3.8) is 0 Å². The molecule has 1 saturated heterocycles. The van der Waals surface area contributed by atoms with Crippen molar-refractivity contribution >= 4 is 23.6 Å². The minimum absolute atomic E-state index is 0.0279. The Morgan fingerprint density at radius 3 is 2.61 bits per heavy atom. The molecule has 0 saturated carbocycles. The predicted octanol–water partition coefficient (Wildman–Crippen LogP) is 3.45. The second kappa shape index (κ2) is 6.96. The summed E-state index contributed by atoms with van der Waals surface area (Å²) >= 11 is 5.85. The molecular formula is C17H18ClN3O2. The van der Waals surface area contributed by atoms with Crippen LogP contribution >= 0.6 is 11.6 Å². The van der Waals surface area contributed by atoms with E-state index in [0.29, 0.717) is 29.8 Å². The van der Waals surface area contributed by atoms with Crippen LogP contribution in [0.5, 0.6) is 0 Å². The Morgan fingerprint density at radius 1 is 1.30 bits per heavy atom. The first-order valence-electron chi connectivity index (χ1n) is 7.64. The summed E-state index contributed by atoms with van der Waals surface area (Å²) in [7, 11) is 0. The monoisotopic (exact) mass is 331 g/mol. The van der Waals surface area contributed by atoms with E-state index < -0.39 is 0 Å². The number of hydrogen-bond donors (Lipinski definition) is 0. The van der Waals surface area contributed by atoms with Crippen molar-refractivity contribution in [2.75, 3.05) is 13.1 Å². The van der Waals surface area contributed by atoms with Gasteiger partial charge in [0.2, 0.25) is 11.8 Å². The molecule has 1 aromatic heterocycles. The highest BCUT2D eigenvalue weighted by Crippen LogP contribution is 2.26. The number of carbonyl (C=O) groups is 1. The summed E-state index contributed by atoms with van der Waals surface area (Å²) in [5.74, 6) is 1.62. The molecule has 1 aliphatic rings. The van der Waals surface area contributed by atoms with E-state index in [0.717, 1.165) is 18.4 Å². The van der Waals surface area contributed by atoms with E-state index in [4.69, 9.17) is 16.1 Å². The Hall–Kier alpha value is -2.14. The molecule has 0 spiro atoms. The first-order chi connectivity index (χ1) is 11.1. The first-order valence-corrected chi connectivity index (χ1v) is 8.02. The van der Waals surface area contributed by atoms with Crippen LogP contribution in [0.4, 0.5) is 0 Å². The molecule has 0 unspecified atom stereocenters. The predicted molar refractivity (Wildman–Crippen MR) is 88.1 cm³/mol. The summed E-state index contributed by atoms with van der Waals surface area (Å²) < 4.78 is 5.23. The molecule has 0 aliphatic carbocycles. The maximum Gasteiger partial charge on any atom is 0.246 e. The van der Waals surface area contributed by atoms with Crippen molar-refractivity contribution < 1.29 is 9.32 Å². The van der Waals surface area contributed by atoms with E-state index in [1.807, 2.05) is 42.2 Å². The summed E-state index contributed by atoms with van der Waals surface area (Å²) in [5.41, 5.74) is 0.957. The fourth-order valence-electron chi connectivity index (χ4n) is 2.67. The van der Waals surface area contributed by atoms with Gasteiger partial charge < -0.3 is 9.42 Å². The standard InChI is InChI=1S/C17H18ClN3O2/c1-12-19-17(23-20-12)14-8-10-21(11-9-14)16(22)7-4-13-2-5-15(18)6-3-13/h2-7,14H,8-11H2,1H3. The normalized spacial score (nSPS) is 16.2. The van der Waals surface area contributed by atoms with Crippen LogP contribution in [0.2, 0.25) is 5.02 Å². The van der Waals surface area contributed by atoms with Crippen LogP contribution in [-0.4, -0.2) is 34.0 Å². The molecule has 2 aromatic rings. The zero-order valence-electron chi connectivity index (χ0n) is 12.9. The Labute approximate surface area is 139 Å². The number of rotatable bonds is 3. The van der Waals surface area contributed by atoms with Crippen LogP contribution in [-0.2, 0) is 4.79 Å². The molecule has 120 valence electrons. The van der Waals surface area contributed by atoms with Crippen LogP contribution in [0.25, 0.3) is 6.08 Å². The number of nitrogens with zero attached hydrogens (tertiary/aromatic N) is 3. The molecule has 23 heavy (non-hydrogen) atoms. The molecule has 0 radical (unpaired) electrons. The van der Waals surface area contributed by atoms with Crippen LogP contribution in [0.1, 0.15) is 36.0 Å². The van der Waals surface area contributed by atoms with Crippen molar-refractivity contribution in [3.05, 3.63) is 52.6 Å². The zero-order valence-corrected chi connectivity index (χ0v) is 13.7. The highest BCUT2D eigenvalue weighted by molar-refractivity contribution is 6.30. The Balaban J connectivity index is 1.54. The summed E-state index contributed by atoms with van der Waals surface area (Å²) in [6.07, 6.45) is 5.12.